The van der Waals surface area contributed by atoms with E-state index in [1.54, 1.807) is 18.3 Å². The second-order valence-corrected chi connectivity index (χ2v) is 5.93. The van der Waals surface area contributed by atoms with Gasteiger partial charge in [0.1, 0.15) is 5.75 Å². The number of fused-ring (bicyclic) bond motifs is 1. The normalized spacial score (nSPS) is 11.8. The van der Waals surface area contributed by atoms with Gasteiger partial charge in [0.15, 0.2) is 0 Å². The zero-order valence-electron chi connectivity index (χ0n) is 13.2. The van der Waals surface area contributed by atoms with E-state index in [0.29, 0.717) is 6.04 Å². The molecule has 0 aliphatic heterocycles. The average Bonchev–Trinajstić information content (AvgIpc) is 2.38. The molecule has 0 bridgehead atoms. The van der Waals surface area contributed by atoms with Crippen LogP contribution in [-0.2, 0) is 0 Å². The third-order valence-corrected chi connectivity index (χ3v) is 3.26. The Balaban J connectivity index is 2.29. The summed E-state index contributed by atoms with van der Waals surface area (Å²) >= 11 is 0. The number of anilines is 1. The first-order valence-corrected chi connectivity index (χ1v) is 7.09. The number of aromatic nitrogens is 1. The average molecular weight is 288 g/mol. The van der Waals surface area contributed by atoms with Gasteiger partial charge in [-0.05, 0) is 52.5 Å². The molecule has 0 unspecified atom stereocenters. The van der Waals surface area contributed by atoms with Crippen LogP contribution < -0.4 is 5.32 Å². The molecule has 5 nitrogen and oxygen atoms in total. The molecule has 2 N–H and O–H groups in total. The molecule has 1 heterocycles. The van der Waals surface area contributed by atoms with Crippen LogP contribution in [0.2, 0.25) is 0 Å². The number of hydrogen-bond acceptors (Lipinski definition) is 5. The summed E-state index contributed by atoms with van der Waals surface area (Å²) in [6, 6.07) is 7.51. The highest BCUT2D eigenvalue weighted by atomic mass is 16.3. The lowest BCUT2D eigenvalue weighted by Gasteiger charge is -2.26. The quantitative estimate of drug-likeness (QED) is 0.849. The third-order valence-electron chi connectivity index (χ3n) is 3.26. The molecule has 2 rings (SSSR count). The first kappa shape index (κ1) is 15.5. The molecule has 0 amide bonds. The maximum Gasteiger partial charge on any atom is 0.116 e. The molecule has 21 heavy (non-hydrogen) atoms. The molecule has 0 radical (unpaired) electrons. The van der Waals surface area contributed by atoms with Gasteiger partial charge in [0, 0.05) is 30.4 Å². The summed E-state index contributed by atoms with van der Waals surface area (Å²) in [5.41, 5.74) is 1.89. The lowest BCUT2D eigenvalue weighted by molar-refractivity contribution is 0.320. The molecule has 0 spiro atoms. The summed E-state index contributed by atoms with van der Waals surface area (Å²) in [5, 5.41) is 14.2. The van der Waals surface area contributed by atoms with Crippen molar-refractivity contribution in [3.8, 4) is 5.75 Å². The summed E-state index contributed by atoms with van der Waals surface area (Å²) < 4.78 is 0. The first-order valence-electron chi connectivity index (χ1n) is 7.09. The van der Waals surface area contributed by atoms with Gasteiger partial charge in [-0.1, -0.05) is 0 Å². The monoisotopic (exact) mass is 288 g/mol. The standard InChI is InChI=1S/C16H24N4O/c1-19(2)10-12(11-20(3)4)18-16-7-8-17-15-6-5-13(21)9-14(15)16/h5-9,12,21H,10-11H2,1-4H3,(H,17,18). The van der Waals surface area contributed by atoms with Crippen molar-refractivity contribution in [1.82, 2.24) is 14.8 Å². The summed E-state index contributed by atoms with van der Waals surface area (Å²) in [6.07, 6.45) is 1.80. The van der Waals surface area contributed by atoms with Gasteiger partial charge in [-0.2, -0.15) is 0 Å². The minimum Gasteiger partial charge on any atom is -0.508 e. The van der Waals surface area contributed by atoms with Crippen LogP contribution in [0.1, 0.15) is 0 Å². The van der Waals surface area contributed by atoms with Gasteiger partial charge in [-0.25, -0.2) is 0 Å². The zero-order chi connectivity index (χ0) is 15.4. The highest BCUT2D eigenvalue weighted by molar-refractivity contribution is 5.92. The van der Waals surface area contributed by atoms with Gasteiger partial charge in [-0.3, -0.25) is 4.98 Å². The predicted molar refractivity (Wildman–Crippen MR) is 87.9 cm³/mol. The Morgan fingerprint density at radius 1 is 1.10 bits per heavy atom. The molecule has 0 saturated heterocycles. The van der Waals surface area contributed by atoms with E-state index in [4.69, 9.17) is 0 Å². The molecule has 114 valence electrons. The van der Waals surface area contributed by atoms with Crippen LogP contribution in [0.15, 0.2) is 30.5 Å². The number of rotatable bonds is 6. The van der Waals surface area contributed by atoms with E-state index in [2.05, 4.69) is 48.3 Å². The number of phenols is 1. The van der Waals surface area contributed by atoms with Crippen LogP contribution >= 0.6 is 0 Å². The van der Waals surface area contributed by atoms with Crippen molar-refractivity contribution in [3.05, 3.63) is 30.5 Å². The molecule has 0 aliphatic carbocycles. The van der Waals surface area contributed by atoms with Gasteiger partial charge in [0.2, 0.25) is 0 Å². The fraction of sp³-hybridized carbons (Fsp3) is 0.438. The van der Waals surface area contributed by atoms with Crippen molar-refractivity contribution in [3.63, 3.8) is 0 Å². The third kappa shape index (κ3) is 4.31. The Bertz CT molecular complexity index is 588. The minimum absolute atomic E-state index is 0.260. The second-order valence-electron chi connectivity index (χ2n) is 5.93. The van der Waals surface area contributed by atoms with Crippen molar-refractivity contribution in [2.45, 2.75) is 6.04 Å². The molecule has 2 aromatic rings. The fourth-order valence-corrected chi connectivity index (χ4v) is 2.51. The van der Waals surface area contributed by atoms with E-state index in [9.17, 15) is 5.11 Å². The highest BCUT2D eigenvalue weighted by Gasteiger charge is 2.13. The van der Waals surface area contributed by atoms with Gasteiger partial charge in [-0.15, -0.1) is 0 Å². The molecule has 0 aliphatic rings. The van der Waals surface area contributed by atoms with Crippen molar-refractivity contribution < 1.29 is 5.11 Å². The van der Waals surface area contributed by atoms with Crippen molar-refractivity contribution in [2.24, 2.45) is 0 Å². The number of nitrogens with one attached hydrogen (secondary N) is 1. The number of pyridine rings is 1. The summed E-state index contributed by atoms with van der Waals surface area (Å²) in [6.45, 7) is 1.86. The Kier molecular flexibility index (Phi) is 4.98. The van der Waals surface area contributed by atoms with E-state index in [1.165, 1.54) is 0 Å². The number of benzene rings is 1. The van der Waals surface area contributed by atoms with Crippen molar-refractivity contribution in [2.75, 3.05) is 46.6 Å². The fourth-order valence-electron chi connectivity index (χ4n) is 2.51. The van der Waals surface area contributed by atoms with Gasteiger partial charge in [0.05, 0.1) is 11.6 Å². The van der Waals surface area contributed by atoms with Crippen molar-refractivity contribution in [1.29, 1.82) is 0 Å². The molecule has 1 aromatic carbocycles. The smallest absolute Gasteiger partial charge is 0.116 e. The van der Waals surface area contributed by atoms with Crippen LogP contribution in [0.4, 0.5) is 5.69 Å². The maximum atomic E-state index is 9.71. The van der Waals surface area contributed by atoms with E-state index in [0.717, 1.165) is 29.7 Å². The number of phenolic OH excluding ortho intramolecular Hbond substituents is 1. The second kappa shape index (κ2) is 6.74. The highest BCUT2D eigenvalue weighted by Crippen LogP contribution is 2.25. The lowest BCUT2D eigenvalue weighted by Crippen LogP contribution is -2.40. The molecular weight excluding hydrogens is 264 g/mol. The lowest BCUT2D eigenvalue weighted by atomic mass is 10.1. The molecule has 0 fully saturated rings. The number of nitrogens with zero attached hydrogens (tertiary/aromatic N) is 3. The number of likely N-dealkylation sites (N-methyl/N-ethyl adjacent to an activating group) is 2. The van der Waals surface area contributed by atoms with E-state index >= 15 is 0 Å². The molecule has 0 atom stereocenters. The first-order chi connectivity index (χ1) is 9.95. The summed E-state index contributed by atoms with van der Waals surface area (Å²) in [5.74, 6) is 0.260. The van der Waals surface area contributed by atoms with Crippen LogP contribution in [0.3, 0.4) is 0 Å². The predicted octanol–water partition coefficient (Wildman–Crippen LogP) is 1.84. The van der Waals surface area contributed by atoms with E-state index in [-0.39, 0.29) is 5.75 Å². The van der Waals surface area contributed by atoms with Crippen LogP contribution in [0.5, 0.6) is 5.75 Å². The number of hydrogen-bond donors (Lipinski definition) is 2. The Morgan fingerprint density at radius 2 is 1.76 bits per heavy atom. The number of aromatic hydroxyl groups is 1. The van der Waals surface area contributed by atoms with Gasteiger partial charge < -0.3 is 20.2 Å². The Hall–Kier alpha value is -1.85. The summed E-state index contributed by atoms with van der Waals surface area (Å²) in [7, 11) is 8.28. The van der Waals surface area contributed by atoms with E-state index < -0.39 is 0 Å². The molecule has 1 aromatic heterocycles. The summed E-state index contributed by atoms with van der Waals surface area (Å²) in [4.78, 5) is 8.68. The Labute approximate surface area is 126 Å². The largest absolute Gasteiger partial charge is 0.508 e. The molecule has 5 heteroatoms. The van der Waals surface area contributed by atoms with Crippen molar-refractivity contribution >= 4 is 16.6 Å². The minimum atomic E-state index is 0.260. The van der Waals surface area contributed by atoms with Crippen LogP contribution in [-0.4, -0.2) is 67.2 Å². The molecular formula is C16H24N4O. The zero-order valence-corrected chi connectivity index (χ0v) is 13.2. The molecule has 0 saturated carbocycles. The van der Waals surface area contributed by atoms with Gasteiger partial charge >= 0.3 is 0 Å². The topological polar surface area (TPSA) is 51.6 Å². The Morgan fingerprint density at radius 3 is 2.38 bits per heavy atom. The SMILES string of the molecule is CN(C)CC(CN(C)C)Nc1ccnc2ccc(O)cc12. The van der Waals surface area contributed by atoms with E-state index in [1.807, 2.05) is 12.1 Å². The van der Waals surface area contributed by atoms with Gasteiger partial charge in [0.25, 0.3) is 0 Å². The van der Waals surface area contributed by atoms with Crippen LogP contribution in [0.25, 0.3) is 10.9 Å². The van der Waals surface area contributed by atoms with Crippen LogP contribution in [0, 0.1) is 0 Å². The maximum absolute atomic E-state index is 9.71.